The van der Waals surface area contributed by atoms with Gasteiger partial charge in [-0.05, 0) is 35.0 Å². The fourth-order valence-corrected chi connectivity index (χ4v) is 1.72. The van der Waals surface area contributed by atoms with Crippen LogP contribution >= 0.6 is 15.9 Å². The lowest BCUT2D eigenvalue weighted by molar-refractivity contribution is 0.995. The zero-order valence-electron chi connectivity index (χ0n) is 9.31. The van der Waals surface area contributed by atoms with E-state index in [0.717, 1.165) is 11.4 Å². The third-order valence-corrected chi connectivity index (χ3v) is 2.98. The molecule has 2 heterocycles. The molecule has 0 saturated heterocycles. The molecule has 17 heavy (non-hydrogen) atoms. The first-order valence-corrected chi connectivity index (χ1v) is 5.88. The number of aromatic nitrogens is 3. The lowest BCUT2D eigenvalue weighted by Gasteiger charge is -2.08. The van der Waals surface area contributed by atoms with E-state index < -0.39 is 0 Å². The number of hydrogen-bond donors (Lipinski definition) is 2. The molecular weight excluding hydrogens is 282 g/mol. The second kappa shape index (κ2) is 5.09. The third-order valence-electron chi connectivity index (χ3n) is 2.20. The Kier molecular flexibility index (Phi) is 3.53. The molecule has 3 N–H and O–H groups in total. The van der Waals surface area contributed by atoms with Crippen LogP contribution in [0, 0.1) is 6.92 Å². The van der Waals surface area contributed by atoms with Gasteiger partial charge in [0.2, 0.25) is 0 Å². The number of nitrogen functional groups attached to an aromatic ring is 1. The van der Waals surface area contributed by atoms with Crippen molar-refractivity contribution in [2.24, 2.45) is 0 Å². The standard InChI is InChI=1S/C11H12BrN5/c1-7-3-2-4-8(17-7)5-14-11-9(12)10(13)15-6-16-11/h2-4,6H,5H2,1H3,(H3,13,14,15,16). The molecule has 0 amide bonds. The fourth-order valence-electron chi connectivity index (χ4n) is 1.38. The molecule has 0 aliphatic rings. The van der Waals surface area contributed by atoms with Gasteiger partial charge >= 0.3 is 0 Å². The normalized spacial score (nSPS) is 10.2. The van der Waals surface area contributed by atoms with Crippen LogP contribution in [0.1, 0.15) is 11.4 Å². The monoisotopic (exact) mass is 293 g/mol. The van der Waals surface area contributed by atoms with Crippen LogP contribution in [0.5, 0.6) is 0 Å². The Morgan fingerprint density at radius 2 is 2.18 bits per heavy atom. The van der Waals surface area contributed by atoms with Gasteiger partial charge in [0.15, 0.2) is 0 Å². The second-order valence-electron chi connectivity index (χ2n) is 3.55. The van der Waals surface area contributed by atoms with Gasteiger partial charge in [0, 0.05) is 5.69 Å². The minimum atomic E-state index is 0.416. The number of anilines is 2. The summed E-state index contributed by atoms with van der Waals surface area (Å²) >= 11 is 3.34. The van der Waals surface area contributed by atoms with E-state index >= 15 is 0 Å². The molecule has 6 heteroatoms. The van der Waals surface area contributed by atoms with E-state index in [0.29, 0.717) is 22.7 Å². The molecule has 88 valence electrons. The first-order valence-electron chi connectivity index (χ1n) is 5.09. The molecule has 0 aliphatic heterocycles. The van der Waals surface area contributed by atoms with Crippen LogP contribution in [-0.4, -0.2) is 15.0 Å². The van der Waals surface area contributed by atoms with E-state index in [1.54, 1.807) is 0 Å². The van der Waals surface area contributed by atoms with Crippen LogP contribution in [0.3, 0.4) is 0 Å². The Balaban J connectivity index is 2.10. The van der Waals surface area contributed by atoms with E-state index in [9.17, 15) is 0 Å². The van der Waals surface area contributed by atoms with Crippen molar-refractivity contribution >= 4 is 27.6 Å². The molecule has 0 spiro atoms. The first kappa shape index (κ1) is 11.8. The summed E-state index contributed by atoms with van der Waals surface area (Å²) < 4.78 is 0.674. The molecule has 2 aromatic rings. The van der Waals surface area contributed by atoms with Crippen molar-refractivity contribution in [3.8, 4) is 0 Å². The van der Waals surface area contributed by atoms with Crippen molar-refractivity contribution in [1.82, 2.24) is 15.0 Å². The highest BCUT2D eigenvalue weighted by Crippen LogP contribution is 2.24. The van der Waals surface area contributed by atoms with Crippen LogP contribution in [0.15, 0.2) is 29.0 Å². The van der Waals surface area contributed by atoms with Crippen molar-refractivity contribution in [1.29, 1.82) is 0 Å². The average molecular weight is 294 g/mol. The number of pyridine rings is 1. The van der Waals surface area contributed by atoms with Gasteiger partial charge in [0.05, 0.1) is 12.2 Å². The quantitative estimate of drug-likeness (QED) is 0.907. The van der Waals surface area contributed by atoms with Crippen molar-refractivity contribution in [2.75, 3.05) is 11.1 Å². The van der Waals surface area contributed by atoms with Crippen LogP contribution in [0.4, 0.5) is 11.6 Å². The van der Waals surface area contributed by atoms with Crippen molar-refractivity contribution < 1.29 is 0 Å². The molecule has 0 unspecified atom stereocenters. The fraction of sp³-hybridized carbons (Fsp3) is 0.182. The largest absolute Gasteiger partial charge is 0.383 e. The molecule has 5 nitrogen and oxygen atoms in total. The van der Waals surface area contributed by atoms with E-state index in [1.807, 2.05) is 25.1 Å². The summed E-state index contributed by atoms with van der Waals surface area (Å²) in [5, 5.41) is 3.16. The molecule has 0 fully saturated rings. The number of halogens is 1. The summed E-state index contributed by atoms with van der Waals surface area (Å²) in [6.07, 6.45) is 1.42. The van der Waals surface area contributed by atoms with Gasteiger partial charge in [-0.2, -0.15) is 0 Å². The minimum absolute atomic E-state index is 0.416. The summed E-state index contributed by atoms with van der Waals surface area (Å²) in [4.78, 5) is 12.4. The lowest BCUT2D eigenvalue weighted by Crippen LogP contribution is -2.06. The number of hydrogen-bond acceptors (Lipinski definition) is 5. The van der Waals surface area contributed by atoms with Crippen LogP contribution < -0.4 is 11.1 Å². The molecule has 0 aromatic carbocycles. The third kappa shape index (κ3) is 2.91. The zero-order valence-corrected chi connectivity index (χ0v) is 10.9. The summed E-state index contributed by atoms with van der Waals surface area (Å²) in [6, 6.07) is 5.89. The highest BCUT2D eigenvalue weighted by atomic mass is 79.9. The molecule has 0 radical (unpaired) electrons. The van der Waals surface area contributed by atoms with Crippen molar-refractivity contribution in [2.45, 2.75) is 13.5 Å². The highest BCUT2D eigenvalue weighted by Gasteiger charge is 2.05. The van der Waals surface area contributed by atoms with Gasteiger partial charge in [-0.15, -0.1) is 0 Å². The molecule has 2 aromatic heterocycles. The van der Waals surface area contributed by atoms with Crippen molar-refractivity contribution in [3.63, 3.8) is 0 Å². The van der Waals surface area contributed by atoms with E-state index in [1.165, 1.54) is 6.33 Å². The van der Waals surface area contributed by atoms with Gasteiger partial charge in [-0.25, -0.2) is 9.97 Å². The summed E-state index contributed by atoms with van der Waals surface area (Å²) in [7, 11) is 0. The van der Waals surface area contributed by atoms with Gasteiger partial charge in [0.1, 0.15) is 22.4 Å². The summed E-state index contributed by atoms with van der Waals surface area (Å²) in [5.41, 5.74) is 7.60. The molecule has 0 aliphatic carbocycles. The average Bonchev–Trinajstić information content (AvgIpc) is 2.31. The number of nitrogens with two attached hydrogens (primary N) is 1. The summed E-state index contributed by atoms with van der Waals surface area (Å²) in [6.45, 7) is 2.55. The van der Waals surface area contributed by atoms with Gasteiger partial charge in [0.25, 0.3) is 0 Å². The Morgan fingerprint density at radius 3 is 2.94 bits per heavy atom. The first-order chi connectivity index (χ1) is 8.16. The van der Waals surface area contributed by atoms with Gasteiger partial charge < -0.3 is 11.1 Å². The van der Waals surface area contributed by atoms with Crippen molar-refractivity contribution in [3.05, 3.63) is 40.4 Å². The van der Waals surface area contributed by atoms with E-state index in [4.69, 9.17) is 5.73 Å². The Labute approximate surface area is 108 Å². The SMILES string of the molecule is Cc1cccc(CNc2ncnc(N)c2Br)n1. The topological polar surface area (TPSA) is 76.7 Å². The van der Waals surface area contributed by atoms with E-state index in [2.05, 4.69) is 36.2 Å². The van der Waals surface area contributed by atoms with Crippen LogP contribution in [-0.2, 0) is 6.54 Å². The molecular formula is C11H12BrN5. The maximum atomic E-state index is 5.66. The molecule has 0 atom stereocenters. The Hall–Kier alpha value is -1.69. The molecule has 0 saturated carbocycles. The maximum absolute atomic E-state index is 5.66. The van der Waals surface area contributed by atoms with Crippen LogP contribution in [0.2, 0.25) is 0 Å². The number of rotatable bonds is 3. The number of nitrogens with zero attached hydrogens (tertiary/aromatic N) is 3. The van der Waals surface area contributed by atoms with Gasteiger partial charge in [-0.1, -0.05) is 6.07 Å². The van der Waals surface area contributed by atoms with Gasteiger partial charge in [-0.3, -0.25) is 4.98 Å². The zero-order chi connectivity index (χ0) is 12.3. The Bertz CT molecular complexity index is 529. The number of aryl methyl sites for hydroxylation is 1. The Morgan fingerprint density at radius 1 is 1.35 bits per heavy atom. The molecule has 0 bridgehead atoms. The lowest BCUT2D eigenvalue weighted by atomic mass is 10.3. The maximum Gasteiger partial charge on any atom is 0.146 e. The molecule has 2 rings (SSSR count). The minimum Gasteiger partial charge on any atom is -0.383 e. The predicted octanol–water partition coefficient (Wildman–Crippen LogP) is 2.14. The van der Waals surface area contributed by atoms with Crippen LogP contribution in [0.25, 0.3) is 0 Å². The number of nitrogens with one attached hydrogen (secondary N) is 1. The highest BCUT2D eigenvalue weighted by molar-refractivity contribution is 9.10. The predicted molar refractivity (Wildman–Crippen MR) is 70.4 cm³/mol. The summed E-state index contributed by atoms with van der Waals surface area (Å²) in [5.74, 6) is 1.08. The second-order valence-corrected chi connectivity index (χ2v) is 4.34. The smallest absolute Gasteiger partial charge is 0.146 e. The van der Waals surface area contributed by atoms with E-state index in [-0.39, 0.29) is 0 Å².